The summed E-state index contributed by atoms with van der Waals surface area (Å²) in [5.41, 5.74) is 2.16. The van der Waals surface area contributed by atoms with Gasteiger partial charge in [-0.05, 0) is 36.2 Å². The van der Waals surface area contributed by atoms with E-state index < -0.39 is 0 Å². The highest BCUT2D eigenvalue weighted by Crippen LogP contribution is 2.31. The highest BCUT2D eigenvalue weighted by Gasteiger charge is 2.20. The zero-order chi connectivity index (χ0) is 22.5. The van der Waals surface area contributed by atoms with Crippen molar-refractivity contribution in [3.63, 3.8) is 0 Å². The van der Waals surface area contributed by atoms with Crippen LogP contribution in [0.2, 0.25) is 0 Å². The van der Waals surface area contributed by atoms with E-state index in [9.17, 15) is 9.59 Å². The van der Waals surface area contributed by atoms with Crippen LogP contribution in [0.1, 0.15) is 34.7 Å². The molecule has 0 spiro atoms. The molecule has 3 aromatic rings. The van der Waals surface area contributed by atoms with Crippen LogP contribution in [0.5, 0.6) is 11.5 Å². The average Bonchev–Trinajstić information content (AvgIpc) is 3.46. The van der Waals surface area contributed by atoms with Crippen LogP contribution in [-0.4, -0.2) is 47.6 Å². The van der Waals surface area contributed by atoms with E-state index in [0.29, 0.717) is 41.4 Å². The summed E-state index contributed by atoms with van der Waals surface area (Å²) in [7, 11) is 3.12. The van der Waals surface area contributed by atoms with Crippen molar-refractivity contribution in [1.82, 2.24) is 20.4 Å². The molecule has 0 aliphatic carbocycles. The van der Waals surface area contributed by atoms with Gasteiger partial charge < -0.3 is 24.2 Å². The Hall–Kier alpha value is -3.88. The predicted molar refractivity (Wildman–Crippen MR) is 115 cm³/mol. The molecule has 9 heteroatoms. The summed E-state index contributed by atoms with van der Waals surface area (Å²) in [5.74, 6) is 1.76. The van der Waals surface area contributed by atoms with E-state index in [0.717, 1.165) is 18.5 Å². The topological polar surface area (TPSA) is 107 Å². The Labute approximate surface area is 185 Å². The molecule has 0 bridgehead atoms. The summed E-state index contributed by atoms with van der Waals surface area (Å²) < 4.78 is 15.8. The molecule has 4 rings (SSSR count). The van der Waals surface area contributed by atoms with Gasteiger partial charge in [-0.3, -0.25) is 9.59 Å². The summed E-state index contributed by atoms with van der Waals surface area (Å²) in [5, 5.41) is 6.75. The monoisotopic (exact) mass is 436 g/mol. The van der Waals surface area contributed by atoms with Crippen LogP contribution in [0.4, 0.5) is 0 Å². The van der Waals surface area contributed by atoms with Crippen molar-refractivity contribution in [3.05, 3.63) is 59.5 Å². The molecule has 0 radical (unpaired) electrons. The summed E-state index contributed by atoms with van der Waals surface area (Å²) in [6, 6.07) is 12.5. The van der Waals surface area contributed by atoms with Gasteiger partial charge in [0.05, 0.1) is 26.3 Å². The fraction of sp³-hybridized carbons (Fsp3) is 0.304. The van der Waals surface area contributed by atoms with Crippen molar-refractivity contribution in [2.75, 3.05) is 20.8 Å². The van der Waals surface area contributed by atoms with E-state index in [2.05, 4.69) is 15.5 Å². The number of nitrogens with one attached hydrogen (secondary N) is 1. The molecule has 1 aromatic heterocycles. The number of methoxy groups -OCH3 is 2. The molecule has 2 heterocycles. The van der Waals surface area contributed by atoms with Gasteiger partial charge in [0.25, 0.3) is 5.91 Å². The molecular formula is C23H24N4O5. The number of amides is 2. The first-order valence-corrected chi connectivity index (χ1v) is 10.3. The van der Waals surface area contributed by atoms with Gasteiger partial charge in [-0.15, -0.1) is 0 Å². The van der Waals surface area contributed by atoms with Crippen LogP contribution in [0.3, 0.4) is 0 Å². The van der Waals surface area contributed by atoms with E-state index in [1.807, 2.05) is 17.0 Å². The maximum Gasteiger partial charge on any atom is 0.251 e. The van der Waals surface area contributed by atoms with E-state index in [1.165, 1.54) is 0 Å². The van der Waals surface area contributed by atoms with Crippen LogP contribution in [0.25, 0.3) is 11.4 Å². The summed E-state index contributed by atoms with van der Waals surface area (Å²) >= 11 is 0. The Morgan fingerprint density at radius 1 is 1.16 bits per heavy atom. The lowest BCUT2D eigenvalue weighted by Gasteiger charge is -2.15. The Balaban J connectivity index is 1.36. The van der Waals surface area contributed by atoms with Gasteiger partial charge >= 0.3 is 0 Å². The minimum Gasteiger partial charge on any atom is -0.497 e. The first kappa shape index (κ1) is 21.4. The molecule has 2 amide bonds. The molecule has 9 nitrogen and oxygen atoms in total. The Morgan fingerprint density at radius 3 is 2.66 bits per heavy atom. The molecule has 2 aromatic carbocycles. The maximum atomic E-state index is 12.5. The van der Waals surface area contributed by atoms with Crippen molar-refractivity contribution in [2.24, 2.45) is 0 Å². The van der Waals surface area contributed by atoms with Gasteiger partial charge in [-0.2, -0.15) is 4.98 Å². The molecule has 0 saturated carbocycles. The number of likely N-dealkylation sites (tertiary alicyclic amines) is 1. The molecular weight excluding hydrogens is 412 g/mol. The minimum atomic E-state index is -0.254. The van der Waals surface area contributed by atoms with Crippen molar-refractivity contribution >= 4 is 11.8 Å². The van der Waals surface area contributed by atoms with Crippen LogP contribution in [-0.2, 0) is 17.9 Å². The van der Waals surface area contributed by atoms with Gasteiger partial charge in [0.1, 0.15) is 11.5 Å². The summed E-state index contributed by atoms with van der Waals surface area (Å²) in [6.45, 7) is 1.45. The number of carbonyl (C=O) groups is 2. The molecule has 1 saturated heterocycles. The number of ether oxygens (including phenoxy) is 2. The first-order valence-electron chi connectivity index (χ1n) is 10.3. The zero-order valence-electron chi connectivity index (χ0n) is 18.0. The van der Waals surface area contributed by atoms with Crippen molar-refractivity contribution < 1.29 is 23.6 Å². The van der Waals surface area contributed by atoms with Crippen molar-refractivity contribution in [2.45, 2.75) is 25.9 Å². The third kappa shape index (κ3) is 4.72. The fourth-order valence-electron chi connectivity index (χ4n) is 3.53. The number of hydrogen-bond donors (Lipinski definition) is 1. The first-order chi connectivity index (χ1) is 15.6. The SMILES string of the molecule is COc1ccc(-c2noc(CNC(=O)c3ccc(CN4CCCC4=O)cc3)n2)c(OC)c1. The number of nitrogens with zero attached hydrogens (tertiary/aromatic N) is 3. The number of rotatable bonds is 8. The summed E-state index contributed by atoms with van der Waals surface area (Å²) in [4.78, 5) is 30.4. The molecule has 1 aliphatic heterocycles. The number of benzene rings is 2. The van der Waals surface area contributed by atoms with Gasteiger partial charge in [-0.25, -0.2) is 0 Å². The van der Waals surface area contributed by atoms with Crippen molar-refractivity contribution in [1.29, 1.82) is 0 Å². The lowest BCUT2D eigenvalue weighted by molar-refractivity contribution is -0.128. The highest BCUT2D eigenvalue weighted by atomic mass is 16.5. The van der Waals surface area contributed by atoms with E-state index in [1.54, 1.807) is 44.6 Å². The van der Waals surface area contributed by atoms with E-state index in [4.69, 9.17) is 14.0 Å². The van der Waals surface area contributed by atoms with Gasteiger partial charge in [0.15, 0.2) is 0 Å². The van der Waals surface area contributed by atoms with Crippen LogP contribution in [0.15, 0.2) is 47.0 Å². The molecule has 1 aliphatic rings. The van der Waals surface area contributed by atoms with Gasteiger partial charge in [-0.1, -0.05) is 17.3 Å². The third-order valence-electron chi connectivity index (χ3n) is 5.28. The number of carbonyl (C=O) groups excluding carboxylic acids is 2. The molecule has 0 unspecified atom stereocenters. The predicted octanol–water partition coefficient (Wildman–Crippen LogP) is 2.81. The molecule has 1 fully saturated rings. The van der Waals surface area contributed by atoms with Crippen molar-refractivity contribution in [3.8, 4) is 22.9 Å². The quantitative estimate of drug-likeness (QED) is 0.579. The average molecular weight is 436 g/mol. The molecule has 32 heavy (non-hydrogen) atoms. The number of hydrogen-bond acceptors (Lipinski definition) is 7. The summed E-state index contributed by atoms with van der Waals surface area (Å²) in [6.07, 6.45) is 1.52. The maximum absolute atomic E-state index is 12.5. The Bertz CT molecular complexity index is 1110. The molecule has 166 valence electrons. The van der Waals surface area contributed by atoms with E-state index >= 15 is 0 Å². The number of aromatic nitrogens is 2. The second-order valence-corrected chi connectivity index (χ2v) is 7.38. The van der Waals surface area contributed by atoms with Gasteiger partial charge in [0, 0.05) is 31.1 Å². The standard InChI is InChI=1S/C23H24N4O5/c1-30-17-9-10-18(19(12-17)31-2)22-25-20(32-26-22)13-24-23(29)16-7-5-15(6-8-16)14-27-11-3-4-21(27)28/h5-10,12H,3-4,11,13-14H2,1-2H3,(H,24,29). The lowest BCUT2D eigenvalue weighted by Crippen LogP contribution is -2.24. The second-order valence-electron chi connectivity index (χ2n) is 7.38. The highest BCUT2D eigenvalue weighted by molar-refractivity contribution is 5.94. The Morgan fingerprint density at radius 2 is 1.97 bits per heavy atom. The van der Waals surface area contributed by atoms with Crippen LogP contribution in [0, 0.1) is 0 Å². The fourth-order valence-corrected chi connectivity index (χ4v) is 3.53. The minimum absolute atomic E-state index is 0.0916. The Kier molecular flexibility index (Phi) is 6.34. The van der Waals surface area contributed by atoms with E-state index in [-0.39, 0.29) is 24.2 Å². The zero-order valence-corrected chi connectivity index (χ0v) is 18.0. The second kappa shape index (κ2) is 9.51. The van der Waals surface area contributed by atoms with Crippen LogP contribution >= 0.6 is 0 Å². The largest absolute Gasteiger partial charge is 0.497 e. The smallest absolute Gasteiger partial charge is 0.251 e. The normalized spacial score (nSPS) is 13.3. The molecule has 1 N–H and O–H groups in total. The van der Waals surface area contributed by atoms with Crippen LogP contribution < -0.4 is 14.8 Å². The third-order valence-corrected chi connectivity index (χ3v) is 5.28. The van der Waals surface area contributed by atoms with Gasteiger partial charge in [0.2, 0.25) is 17.6 Å². The lowest BCUT2D eigenvalue weighted by atomic mass is 10.1. The molecule has 0 atom stereocenters.